The van der Waals surface area contributed by atoms with E-state index in [-0.39, 0.29) is 5.76 Å². The lowest BCUT2D eigenvalue weighted by atomic mass is 10.0. The Kier molecular flexibility index (Phi) is 10.5. The molecule has 8 bridgehead atoms. The van der Waals surface area contributed by atoms with Gasteiger partial charge in [0.2, 0.25) is 0 Å². The van der Waals surface area contributed by atoms with Crippen molar-refractivity contribution in [2.45, 2.75) is 64.2 Å². The van der Waals surface area contributed by atoms with Crippen LogP contribution >= 0.6 is 0 Å². The molecule has 1 aromatic heterocycles. The Labute approximate surface area is 270 Å². The van der Waals surface area contributed by atoms with E-state index < -0.39 is 0 Å². The molecule has 0 fully saturated rings. The van der Waals surface area contributed by atoms with Gasteiger partial charge in [0.05, 0.1) is 40.7 Å². The van der Waals surface area contributed by atoms with E-state index in [1.165, 1.54) is 38.5 Å². The summed E-state index contributed by atoms with van der Waals surface area (Å²) in [6, 6.07) is 13.6. The molecule has 0 aliphatic carbocycles. The summed E-state index contributed by atoms with van der Waals surface area (Å²) in [5, 5.41) is 22.5. The molecule has 46 heavy (non-hydrogen) atoms. The molecule has 0 spiro atoms. The van der Waals surface area contributed by atoms with Crippen LogP contribution in [-0.2, 0) is 4.74 Å². The minimum Gasteiger partial charge on any atom is -0.506 e. The number of fused-ring (bicyclic) bond motifs is 5. The van der Waals surface area contributed by atoms with Gasteiger partial charge < -0.3 is 19.9 Å². The first kappa shape index (κ1) is 31.2. The molecule has 4 aliphatic rings. The fraction of sp³-hybridized carbons (Fsp3) is 0.308. The van der Waals surface area contributed by atoms with Crippen LogP contribution in [0.3, 0.4) is 0 Å². The predicted octanol–water partition coefficient (Wildman–Crippen LogP) is 6.92. The van der Waals surface area contributed by atoms with E-state index >= 15 is 0 Å². The lowest BCUT2D eigenvalue weighted by Gasteiger charge is -2.13. The number of H-pyrrole nitrogens is 1. The van der Waals surface area contributed by atoms with Crippen LogP contribution in [0.5, 0.6) is 0 Å². The second-order valence-electron chi connectivity index (χ2n) is 11.9. The molecule has 5 heterocycles. The molecule has 0 radical (unpaired) electrons. The molecule has 0 unspecified atom stereocenters. The Morgan fingerprint density at radius 3 is 1.85 bits per heavy atom. The van der Waals surface area contributed by atoms with E-state index in [2.05, 4.69) is 4.98 Å². The van der Waals surface area contributed by atoms with Crippen LogP contribution in [0.1, 0.15) is 69.8 Å². The van der Waals surface area contributed by atoms with Gasteiger partial charge in [-0.2, -0.15) is 0 Å². The molecule has 236 valence electrons. The van der Waals surface area contributed by atoms with Crippen molar-refractivity contribution >= 4 is 35.0 Å². The average molecular weight is 615 g/mol. The number of allylic oxidation sites excluding steroid dienone is 7. The summed E-state index contributed by atoms with van der Waals surface area (Å²) in [6.07, 6.45) is 27.2. The van der Waals surface area contributed by atoms with Gasteiger partial charge in [-0.15, -0.1) is 0 Å². The fourth-order valence-corrected chi connectivity index (χ4v) is 5.91. The van der Waals surface area contributed by atoms with Crippen molar-refractivity contribution in [2.75, 3.05) is 13.2 Å². The van der Waals surface area contributed by atoms with Gasteiger partial charge in [-0.25, -0.2) is 15.0 Å². The van der Waals surface area contributed by atoms with Gasteiger partial charge in [0.1, 0.15) is 11.5 Å². The Morgan fingerprint density at radius 1 is 0.630 bits per heavy atom. The van der Waals surface area contributed by atoms with Crippen molar-refractivity contribution in [3.63, 3.8) is 0 Å². The van der Waals surface area contributed by atoms with Crippen molar-refractivity contribution in [2.24, 2.45) is 15.0 Å². The smallest absolute Gasteiger partial charge is 0.158 e. The van der Waals surface area contributed by atoms with Crippen molar-refractivity contribution in [1.29, 1.82) is 0 Å². The summed E-state index contributed by atoms with van der Waals surface area (Å²) in [5.74, 6) is 0.674. The first-order valence-corrected chi connectivity index (χ1v) is 16.6. The average Bonchev–Trinajstić information content (AvgIpc) is 3.87. The molecule has 2 aromatic rings. The number of hydrogen-bond donors (Lipinski definition) is 3. The topological polar surface area (TPSA) is 103 Å². The lowest BCUT2D eigenvalue weighted by Crippen LogP contribution is -2.12. The van der Waals surface area contributed by atoms with Crippen LogP contribution in [0, 0.1) is 0 Å². The highest BCUT2D eigenvalue weighted by atomic mass is 16.5. The maximum Gasteiger partial charge on any atom is 0.158 e. The van der Waals surface area contributed by atoms with Crippen molar-refractivity contribution < 1.29 is 14.9 Å². The number of rotatable bonds is 14. The van der Waals surface area contributed by atoms with E-state index in [1.807, 2.05) is 91.1 Å². The number of aliphatic hydroxyl groups excluding tert-OH is 2. The third-order valence-corrected chi connectivity index (χ3v) is 8.31. The van der Waals surface area contributed by atoms with Gasteiger partial charge in [0, 0.05) is 22.9 Å². The Morgan fingerprint density at radius 2 is 1.22 bits per heavy atom. The van der Waals surface area contributed by atoms with Crippen LogP contribution in [0.2, 0.25) is 0 Å². The highest BCUT2D eigenvalue weighted by molar-refractivity contribution is 6.22. The van der Waals surface area contributed by atoms with E-state index in [0.717, 1.165) is 59.2 Å². The molecular formula is C39H42N4O3. The quantitative estimate of drug-likeness (QED) is 0.159. The van der Waals surface area contributed by atoms with Gasteiger partial charge in [0.25, 0.3) is 0 Å². The summed E-state index contributed by atoms with van der Waals surface area (Å²) in [5.41, 5.74) is 5.65. The van der Waals surface area contributed by atoms with Crippen molar-refractivity contribution in [1.82, 2.24) is 4.98 Å². The number of hydrogen-bond acceptors (Lipinski definition) is 6. The molecule has 7 nitrogen and oxygen atoms in total. The number of aliphatic imine (C=N–C) groups is 3. The molecular weight excluding hydrogens is 572 g/mol. The summed E-state index contributed by atoms with van der Waals surface area (Å²) < 4.78 is 6.51. The molecule has 0 amide bonds. The van der Waals surface area contributed by atoms with Gasteiger partial charge in [0.15, 0.2) is 5.76 Å². The van der Waals surface area contributed by atoms with E-state index in [9.17, 15) is 5.11 Å². The number of benzene rings is 1. The number of aliphatic hydroxyl groups is 2. The molecule has 6 rings (SSSR count). The standard InChI is InChI=1S/C39H42N4O3/c44-22-12-7-5-3-1-2-4-6-8-13-23-46-39-36-27-34-21-19-32(42-34)25-30-17-16-29(40-30)24-31-18-20-33(41-31)26-35(43-36)37(39)38(45)28-14-10-9-11-15-28/h9-11,14-21,24-27,40,44-45H,1-8,12-13,22-23H2. The second kappa shape index (κ2) is 15.5. The Hall–Kier alpha value is -4.75. The molecule has 0 saturated carbocycles. The maximum absolute atomic E-state index is 11.7. The zero-order valence-corrected chi connectivity index (χ0v) is 26.3. The third-order valence-electron chi connectivity index (χ3n) is 8.31. The minimum atomic E-state index is 0.118. The lowest BCUT2D eigenvalue weighted by molar-refractivity contribution is 0.212. The highest BCUT2D eigenvalue weighted by Gasteiger charge is 2.29. The zero-order chi connectivity index (χ0) is 31.6. The second-order valence-corrected chi connectivity index (χ2v) is 11.9. The molecule has 3 N–H and O–H groups in total. The molecule has 1 aromatic carbocycles. The van der Waals surface area contributed by atoms with Crippen LogP contribution < -0.4 is 10.7 Å². The largest absolute Gasteiger partial charge is 0.506 e. The molecule has 0 saturated heterocycles. The van der Waals surface area contributed by atoms with Crippen LogP contribution in [0.15, 0.2) is 122 Å². The van der Waals surface area contributed by atoms with Crippen molar-refractivity contribution in [3.05, 3.63) is 124 Å². The number of unbranched alkanes of at least 4 members (excludes halogenated alkanes) is 9. The molecule has 7 heteroatoms. The van der Waals surface area contributed by atoms with E-state index in [4.69, 9.17) is 24.8 Å². The molecule has 4 aliphatic heterocycles. The fourth-order valence-electron chi connectivity index (χ4n) is 5.91. The number of aromatic amines is 1. The van der Waals surface area contributed by atoms with Gasteiger partial charge >= 0.3 is 0 Å². The third kappa shape index (κ3) is 8.09. The summed E-state index contributed by atoms with van der Waals surface area (Å²) in [7, 11) is 0. The number of aromatic nitrogens is 1. The minimum absolute atomic E-state index is 0.118. The van der Waals surface area contributed by atoms with Gasteiger partial charge in [-0.3, -0.25) is 0 Å². The van der Waals surface area contributed by atoms with Crippen molar-refractivity contribution in [3.8, 4) is 0 Å². The van der Waals surface area contributed by atoms with Crippen LogP contribution in [-0.4, -0.2) is 45.5 Å². The first-order chi connectivity index (χ1) is 22.7. The highest BCUT2D eigenvalue weighted by Crippen LogP contribution is 2.35. The Balaban J connectivity index is 1.26. The maximum atomic E-state index is 11.7. The van der Waals surface area contributed by atoms with E-state index in [0.29, 0.717) is 41.5 Å². The summed E-state index contributed by atoms with van der Waals surface area (Å²) in [4.78, 5) is 18.0. The van der Waals surface area contributed by atoms with E-state index in [1.54, 1.807) is 0 Å². The first-order valence-electron chi connectivity index (χ1n) is 16.6. The number of nitrogens with zero attached hydrogens (tertiary/aromatic N) is 3. The summed E-state index contributed by atoms with van der Waals surface area (Å²) in [6.45, 7) is 0.829. The van der Waals surface area contributed by atoms with Crippen LogP contribution in [0.25, 0.3) is 17.9 Å². The Bertz CT molecular complexity index is 1830. The monoisotopic (exact) mass is 614 g/mol. The molecule has 0 atom stereocenters. The SMILES string of the molecule is OCCCCCCCCCCCCOC1=C2C=C3C=CC(=N3)C=c3ccc([nH]3)=CC3=NC(=CC(=N2)C1=C(O)c1ccccc1)C=C3. The van der Waals surface area contributed by atoms with Gasteiger partial charge in [-0.05, 0) is 73.6 Å². The number of ether oxygens (including phenoxy) is 1. The summed E-state index contributed by atoms with van der Waals surface area (Å²) >= 11 is 0. The normalized spacial score (nSPS) is 17.6. The van der Waals surface area contributed by atoms with Crippen LogP contribution in [0.4, 0.5) is 0 Å². The number of nitrogens with one attached hydrogen (secondary N) is 1. The zero-order valence-electron chi connectivity index (χ0n) is 26.3. The predicted molar refractivity (Wildman–Crippen MR) is 188 cm³/mol. The van der Waals surface area contributed by atoms with Gasteiger partial charge in [-0.1, -0.05) is 81.7 Å².